The van der Waals surface area contributed by atoms with E-state index in [0.717, 1.165) is 71.4 Å². The minimum absolute atomic E-state index is 0.263. The summed E-state index contributed by atoms with van der Waals surface area (Å²) >= 11 is 0. The summed E-state index contributed by atoms with van der Waals surface area (Å²) in [6.45, 7) is 14.9. The highest BCUT2D eigenvalue weighted by Gasteiger charge is 2.27. The van der Waals surface area contributed by atoms with Crippen LogP contribution in [0.4, 0.5) is 0 Å². The summed E-state index contributed by atoms with van der Waals surface area (Å²) in [6.07, 6.45) is -1.66. The molecular weight excluding hydrogens is 621 g/mol. The molecule has 0 fully saturated rings. The van der Waals surface area contributed by atoms with Crippen LogP contribution in [0.3, 0.4) is 0 Å². The summed E-state index contributed by atoms with van der Waals surface area (Å²) in [5.74, 6) is 1.31. The fraction of sp³-hybridized carbons (Fsp3) is 0.229. The molecule has 2 aromatic heterocycles. The molecule has 51 heavy (non-hydrogen) atoms. The molecule has 0 atom stereocenters. The van der Waals surface area contributed by atoms with Gasteiger partial charge in [0.1, 0.15) is 17.0 Å². The molecule has 7 aromatic carbocycles. The molecule has 0 unspecified atom stereocenters. The summed E-state index contributed by atoms with van der Waals surface area (Å²) in [7, 11) is 0. The van der Waals surface area contributed by atoms with Gasteiger partial charge in [-0.25, -0.2) is 4.98 Å². The number of rotatable bonds is 5. The Kier molecular flexibility index (Phi) is 6.65. The Morgan fingerprint density at radius 1 is 0.667 bits per heavy atom. The van der Waals surface area contributed by atoms with Crippen LogP contribution in [0.25, 0.3) is 82.4 Å². The van der Waals surface area contributed by atoms with E-state index >= 15 is 0 Å². The third-order valence-corrected chi connectivity index (χ3v) is 10.3. The first-order chi connectivity index (χ1) is 25.3. The molecule has 9 rings (SSSR count). The molecule has 252 valence electrons. The van der Waals surface area contributed by atoms with Crippen LogP contribution in [-0.2, 0) is 6.37 Å². The van der Waals surface area contributed by atoms with Crippen molar-refractivity contribution in [3.05, 3.63) is 132 Å². The highest BCUT2D eigenvalue weighted by Crippen LogP contribution is 2.45. The van der Waals surface area contributed by atoms with E-state index in [1.807, 2.05) is 32.9 Å². The summed E-state index contributed by atoms with van der Waals surface area (Å²) < 4.78 is 28.6. The molecule has 0 bridgehead atoms. The molecule has 0 aliphatic heterocycles. The largest absolute Gasteiger partial charge is 0.455 e. The molecule has 9 aromatic rings. The number of nitrogens with zero attached hydrogens (tertiary/aromatic N) is 2. The van der Waals surface area contributed by atoms with Crippen molar-refractivity contribution in [3.63, 3.8) is 0 Å². The Balaban J connectivity index is 1.48. The maximum Gasteiger partial charge on any atom is 0.149 e. The van der Waals surface area contributed by atoms with Gasteiger partial charge in [-0.3, -0.25) is 4.57 Å². The van der Waals surface area contributed by atoms with Crippen LogP contribution in [0.2, 0.25) is 0 Å². The van der Waals surface area contributed by atoms with Crippen LogP contribution in [0.15, 0.2) is 120 Å². The maximum atomic E-state index is 9.57. The Morgan fingerprint density at radius 3 is 2.02 bits per heavy atom. The van der Waals surface area contributed by atoms with E-state index in [0.29, 0.717) is 11.1 Å². The molecule has 0 N–H and O–H groups in total. The quantitative estimate of drug-likeness (QED) is 0.171. The minimum atomic E-state index is -1.66. The molecule has 0 radical (unpaired) electrons. The smallest absolute Gasteiger partial charge is 0.149 e. The minimum Gasteiger partial charge on any atom is -0.455 e. The summed E-state index contributed by atoms with van der Waals surface area (Å²) in [5.41, 5.74) is 7.81. The standard InChI is InChI=1S/C48H44N2O/c1-28(2)34-17-12-18-35(29(3)4)44(34)50-45-37-16-11-9-14-31(37)22-24-41(45)49-47(50)38-23-21-33(27-48(5,6)7)43-40-25-32-20-19-30-13-8-10-15-36(30)39(32)26-42(40)51-46(38)43/h8-26,28-29H,27H2,1-7H3/i27D2. The van der Waals surface area contributed by atoms with Gasteiger partial charge in [-0.15, -0.1) is 0 Å². The maximum absolute atomic E-state index is 9.57. The van der Waals surface area contributed by atoms with E-state index < -0.39 is 11.8 Å². The van der Waals surface area contributed by atoms with Gasteiger partial charge in [-0.1, -0.05) is 139 Å². The number of furan rings is 1. The van der Waals surface area contributed by atoms with Crippen molar-refractivity contribution in [2.75, 3.05) is 0 Å². The number of benzene rings is 7. The van der Waals surface area contributed by atoms with E-state index in [4.69, 9.17) is 9.40 Å². The van der Waals surface area contributed by atoms with E-state index in [1.165, 1.54) is 16.5 Å². The number of hydrogen-bond acceptors (Lipinski definition) is 2. The lowest BCUT2D eigenvalue weighted by Crippen LogP contribution is -2.10. The third kappa shape index (κ3) is 5.05. The van der Waals surface area contributed by atoms with Crippen molar-refractivity contribution >= 4 is 65.3 Å². The molecule has 0 aliphatic rings. The Bertz CT molecular complexity index is 2890. The van der Waals surface area contributed by atoms with Crippen LogP contribution in [0.1, 0.15) is 79.7 Å². The molecule has 0 aliphatic carbocycles. The van der Waals surface area contributed by atoms with Crippen molar-refractivity contribution in [3.8, 4) is 17.1 Å². The average molecular weight is 667 g/mol. The average Bonchev–Trinajstić information content (AvgIpc) is 3.71. The fourth-order valence-electron chi connectivity index (χ4n) is 8.07. The Morgan fingerprint density at radius 2 is 1.31 bits per heavy atom. The van der Waals surface area contributed by atoms with Crippen LogP contribution in [0.5, 0.6) is 0 Å². The molecule has 2 heterocycles. The van der Waals surface area contributed by atoms with Gasteiger partial charge in [-0.2, -0.15) is 0 Å². The van der Waals surface area contributed by atoms with E-state index in [9.17, 15) is 2.74 Å². The number of fused-ring (bicyclic) bond motifs is 9. The molecule has 0 saturated carbocycles. The second kappa shape index (κ2) is 11.6. The van der Waals surface area contributed by atoms with Crippen LogP contribution in [-0.4, -0.2) is 9.55 Å². The van der Waals surface area contributed by atoms with Gasteiger partial charge in [-0.05, 0) is 91.5 Å². The van der Waals surface area contributed by atoms with Crippen LogP contribution in [0, 0.1) is 5.41 Å². The highest BCUT2D eigenvalue weighted by atomic mass is 16.3. The molecule has 0 spiro atoms. The van der Waals surface area contributed by atoms with Gasteiger partial charge in [0, 0.05) is 18.9 Å². The fourth-order valence-corrected chi connectivity index (χ4v) is 8.07. The molecule has 0 amide bonds. The van der Waals surface area contributed by atoms with Gasteiger partial charge < -0.3 is 4.42 Å². The van der Waals surface area contributed by atoms with E-state index in [1.54, 1.807) is 0 Å². The van der Waals surface area contributed by atoms with Crippen LogP contribution < -0.4 is 0 Å². The monoisotopic (exact) mass is 666 g/mol. The van der Waals surface area contributed by atoms with Gasteiger partial charge in [0.2, 0.25) is 0 Å². The second-order valence-electron chi connectivity index (χ2n) is 15.7. The lowest BCUT2D eigenvalue weighted by molar-refractivity contribution is 0.412. The number of para-hydroxylation sites is 1. The second-order valence-corrected chi connectivity index (χ2v) is 15.7. The molecule has 3 heteroatoms. The zero-order chi connectivity index (χ0) is 37.0. The SMILES string of the molecule is [2H]C([2H])(c1ccc(-c2nc3ccc4ccccc4c3n2-c2c(C(C)C)cccc2C(C)C)c2oc3cc4c(ccc5ccccc54)cc3c12)C(C)(C)C. The zero-order valence-electron chi connectivity index (χ0n) is 32.4. The third-order valence-electron chi connectivity index (χ3n) is 10.3. The molecular formula is C48H44N2O. The highest BCUT2D eigenvalue weighted by molar-refractivity contribution is 6.18. The first-order valence-corrected chi connectivity index (χ1v) is 18.2. The first-order valence-electron chi connectivity index (χ1n) is 19.2. The van der Waals surface area contributed by atoms with Crippen molar-refractivity contribution in [2.45, 2.75) is 66.7 Å². The van der Waals surface area contributed by atoms with E-state index in [2.05, 4.69) is 135 Å². The molecule has 3 nitrogen and oxygen atoms in total. The van der Waals surface area contributed by atoms with Gasteiger partial charge in [0.05, 0.1) is 22.3 Å². The normalized spacial score (nSPS) is 13.5. The van der Waals surface area contributed by atoms with Gasteiger partial charge in [0.25, 0.3) is 0 Å². The van der Waals surface area contributed by atoms with Gasteiger partial charge >= 0.3 is 0 Å². The van der Waals surface area contributed by atoms with Crippen molar-refractivity contribution < 1.29 is 7.16 Å². The number of hydrogen-bond donors (Lipinski definition) is 0. The van der Waals surface area contributed by atoms with Crippen molar-refractivity contribution in [2.24, 2.45) is 5.41 Å². The number of aromatic nitrogens is 2. The first kappa shape index (κ1) is 29.3. The molecule has 0 saturated heterocycles. The van der Waals surface area contributed by atoms with Crippen LogP contribution >= 0.6 is 0 Å². The number of imidazole rings is 1. The Hall–Kier alpha value is -5.41. The van der Waals surface area contributed by atoms with Gasteiger partial charge in [0.15, 0.2) is 0 Å². The predicted octanol–water partition coefficient (Wildman–Crippen LogP) is 13.9. The zero-order valence-corrected chi connectivity index (χ0v) is 30.4. The summed E-state index contributed by atoms with van der Waals surface area (Å²) in [6, 6.07) is 40.7. The van der Waals surface area contributed by atoms with Crippen molar-refractivity contribution in [1.29, 1.82) is 0 Å². The lowest BCUT2D eigenvalue weighted by Gasteiger charge is -2.23. The predicted molar refractivity (Wildman–Crippen MR) is 218 cm³/mol. The Labute approximate surface area is 302 Å². The van der Waals surface area contributed by atoms with Crippen molar-refractivity contribution in [1.82, 2.24) is 9.55 Å². The summed E-state index contributed by atoms with van der Waals surface area (Å²) in [4.78, 5) is 5.48. The topological polar surface area (TPSA) is 31.0 Å². The van der Waals surface area contributed by atoms with E-state index in [-0.39, 0.29) is 11.8 Å². The lowest BCUT2D eigenvalue weighted by atomic mass is 9.85. The summed E-state index contributed by atoms with van der Waals surface area (Å²) in [5, 5.41) is 8.55.